The number of rotatable bonds is 5. The largest absolute Gasteiger partial charge is 0.389 e. The molecule has 4 rings (SSSR count). The van der Waals surface area contributed by atoms with E-state index in [2.05, 4.69) is 5.32 Å². The summed E-state index contributed by atoms with van der Waals surface area (Å²) < 4.78 is 39.8. The summed E-state index contributed by atoms with van der Waals surface area (Å²) in [5.74, 6) is -0.157. The maximum absolute atomic E-state index is 13.4. The van der Waals surface area contributed by atoms with Crippen LogP contribution in [0.1, 0.15) is 19.3 Å². The molecule has 0 aliphatic carbocycles. The summed E-state index contributed by atoms with van der Waals surface area (Å²) >= 11 is 0. The Morgan fingerprint density at radius 1 is 1.03 bits per heavy atom. The molecular weight excluding hydrogens is 432 g/mol. The highest BCUT2D eigenvalue weighted by atomic mass is 32.2. The summed E-state index contributed by atoms with van der Waals surface area (Å²) in [7, 11) is -3.83. The van der Waals surface area contributed by atoms with E-state index in [9.17, 15) is 18.3 Å². The second kappa shape index (κ2) is 10.1. The maximum atomic E-state index is 13.4. The lowest BCUT2D eigenvalue weighted by Gasteiger charge is -2.43. The molecule has 0 spiro atoms. The molecule has 9 heteroatoms. The first-order chi connectivity index (χ1) is 15.4. The van der Waals surface area contributed by atoms with Crippen molar-refractivity contribution in [3.63, 3.8) is 0 Å². The van der Waals surface area contributed by atoms with E-state index in [1.54, 1.807) is 30.3 Å². The molecule has 2 aromatic rings. The zero-order valence-electron chi connectivity index (χ0n) is 17.7. The van der Waals surface area contributed by atoms with Crippen LogP contribution in [0.25, 0.3) is 0 Å². The van der Waals surface area contributed by atoms with Crippen molar-refractivity contribution in [3.8, 4) is 0 Å². The molecular formula is C23H28N2O6S. The lowest BCUT2D eigenvalue weighted by Crippen LogP contribution is -2.57. The van der Waals surface area contributed by atoms with Crippen molar-refractivity contribution >= 4 is 21.6 Å². The molecule has 2 N–H and O–H groups in total. The van der Waals surface area contributed by atoms with Crippen LogP contribution in [0.5, 0.6) is 0 Å². The highest BCUT2D eigenvalue weighted by Crippen LogP contribution is 2.31. The third-order valence-electron chi connectivity index (χ3n) is 5.75. The van der Waals surface area contributed by atoms with Gasteiger partial charge < -0.3 is 19.9 Å². The van der Waals surface area contributed by atoms with Gasteiger partial charge in [0.2, 0.25) is 15.9 Å². The SMILES string of the molecule is O=C(C[C@@H]1CC[C@H]2[C@@H](COC[C@H](O)CN2S(=O)(=O)c2ccccc2)O1)Nc1ccccc1. The molecule has 2 fully saturated rings. The highest BCUT2D eigenvalue weighted by Gasteiger charge is 2.43. The van der Waals surface area contributed by atoms with Crippen molar-refractivity contribution in [1.82, 2.24) is 4.31 Å². The Morgan fingerprint density at radius 2 is 1.72 bits per heavy atom. The number of anilines is 1. The average Bonchev–Trinajstić information content (AvgIpc) is 2.78. The van der Waals surface area contributed by atoms with Crippen LogP contribution < -0.4 is 5.32 Å². The molecule has 2 aliphatic rings. The molecule has 0 radical (unpaired) electrons. The number of aliphatic hydroxyl groups excluding tert-OH is 1. The number of para-hydroxylation sites is 1. The summed E-state index contributed by atoms with van der Waals surface area (Å²) in [6.45, 7) is 0.104. The summed E-state index contributed by atoms with van der Waals surface area (Å²) in [5, 5.41) is 13.1. The van der Waals surface area contributed by atoms with Gasteiger partial charge >= 0.3 is 0 Å². The van der Waals surface area contributed by atoms with Gasteiger partial charge in [0.1, 0.15) is 0 Å². The normalized spacial score (nSPS) is 27.0. The van der Waals surface area contributed by atoms with Gasteiger partial charge in [0, 0.05) is 12.2 Å². The fourth-order valence-corrected chi connectivity index (χ4v) is 5.98. The van der Waals surface area contributed by atoms with Crippen molar-refractivity contribution in [3.05, 3.63) is 60.7 Å². The van der Waals surface area contributed by atoms with Crippen LogP contribution in [0, 0.1) is 0 Å². The van der Waals surface area contributed by atoms with Gasteiger partial charge in [-0.15, -0.1) is 0 Å². The number of benzene rings is 2. The number of carbonyl (C=O) groups excluding carboxylic acids is 1. The van der Waals surface area contributed by atoms with Gasteiger partial charge in [0.05, 0.1) is 48.9 Å². The Bertz CT molecular complexity index is 1000. The van der Waals surface area contributed by atoms with Gasteiger partial charge in [0.25, 0.3) is 0 Å². The second-order valence-electron chi connectivity index (χ2n) is 8.14. The van der Waals surface area contributed by atoms with E-state index in [1.807, 2.05) is 30.3 Å². The van der Waals surface area contributed by atoms with Gasteiger partial charge in [-0.1, -0.05) is 36.4 Å². The molecule has 0 aromatic heterocycles. The fourth-order valence-electron chi connectivity index (χ4n) is 4.24. The number of nitrogens with zero attached hydrogens (tertiary/aromatic N) is 1. The predicted molar refractivity (Wildman–Crippen MR) is 119 cm³/mol. The van der Waals surface area contributed by atoms with Crippen molar-refractivity contribution in [1.29, 1.82) is 0 Å². The Labute approximate surface area is 188 Å². The number of hydrogen-bond donors (Lipinski definition) is 2. The molecule has 0 bridgehead atoms. The van der Waals surface area contributed by atoms with E-state index in [-0.39, 0.29) is 43.1 Å². The van der Waals surface area contributed by atoms with Gasteiger partial charge in [0.15, 0.2) is 0 Å². The second-order valence-corrected chi connectivity index (χ2v) is 10.0. The number of fused-ring (bicyclic) bond motifs is 1. The van der Waals surface area contributed by atoms with Crippen LogP contribution in [0.15, 0.2) is 65.6 Å². The van der Waals surface area contributed by atoms with Gasteiger partial charge in [-0.05, 0) is 37.1 Å². The smallest absolute Gasteiger partial charge is 0.243 e. The van der Waals surface area contributed by atoms with E-state index < -0.39 is 28.3 Å². The Hall–Kier alpha value is -2.30. The number of β-amino-alcohol motifs (C(OH)–C–C–N with tert-alkyl or cyclic N) is 1. The molecule has 2 heterocycles. The maximum Gasteiger partial charge on any atom is 0.243 e. The fraction of sp³-hybridized carbons (Fsp3) is 0.435. The summed E-state index contributed by atoms with van der Waals surface area (Å²) in [6, 6.07) is 16.9. The number of hydrogen-bond acceptors (Lipinski definition) is 6. The lowest BCUT2D eigenvalue weighted by molar-refractivity contribution is -0.144. The van der Waals surface area contributed by atoms with Crippen molar-refractivity contribution < 1.29 is 27.8 Å². The molecule has 2 aromatic carbocycles. The van der Waals surface area contributed by atoms with E-state index in [1.165, 1.54) is 4.31 Å². The van der Waals surface area contributed by atoms with Crippen LogP contribution in [-0.2, 0) is 24.3 Å². The van der Waals surface area contributed by atoms with E-state index in [4.69, 9.17) is 9.47 Å². The topological polar surface area (TPSA) is 105 Å². The van der Waals surface area contributed by atoms with E-state index in [0.717, 1.165) is 5.69 Å². The molecule has 2 saturated heterocycles. The van der Waals surface area contributed by atoms with E-state index in [0.29, 0.717) is 12.8 Å². The molecule has 8 nitrogen and oxygen atoms in total. The first kappa shape index (κ1) is 22.9. The minimum absolute atomic E-state index is 0.0204. The Kier molecular flexibility index (Phi) is 7.22. The van der Waals surface area contributed by atoms with Crippen LogP contribution in [0.3, 0.4) is 0 Å². The minimum Gasteiger partial charge on any atom is -0.389 e. The lowest BCUT2D eigenvalue weighted by atomic mass is 9.96. The van der Waals surface area contributed by atoms with Crippen LogP contribution >= 0.6 is 0 Å². The monoisotopic (exact) mass is 460 g/mol. The first-order valence-electron chi connectivity index (χ1n) is 10.8. The number of amides is 1. The molecule has 32 heavy (non-hydrogen) atoms. The number of ether oxygens (including phenoxy) is 2. The number of nitrogens with one attached hydrogen (secondary N) is 1. The van der Waals surface area contributed by atoms with E-state index >= 15 is 0 Å². The standard InChI is InChI=1S/C23H28N2O6S/c26-18-14-25(32(28,29)20-9-5-2-6-10-20)21-12-11-19(31-22(21)16-30-15-18)13-23(27)24-17-7-3-1-4-8-17/h1-10,18-19,21-22,26H,11-16H2,(H,24,27)/t18-,19+,21+,22-/m1/s1. The third kappa shape index (κ3) is 5.36. The van der Waals surface area contributed by atoms with Gasteiger partial charge in [-0.2, -0.15) is 4.31 Å². The highest BCUT2D eigenvalue weighted by molar-refractivity contribution is 7.89. The number of aliphatic hydroxyl groups is 1. The van der Waals surface area contributed by atoms with Gasteiger partial charge in [-0.3, -0.25) is 4.79 Å². The summed E-state index contributed by atoms with van der Waals surface area (Å²) in [6.07, 6.45) is -0.579. The third-order valence-corrected chi connectivity index (χ3v) is 7.66. The molecule has 4 atom stereocenters. The molecule has 2 aliphatic heterocycles. The molecule has 0 saturated carbocycles. The predicted octanol–water partition coefficient (Wildman–Crippen LogP) is 2.01. The van der Waals surface area contributed by atoms with Gasteiger partial charge in [-0.25, -0.2) is 8.42 Å². The van der Waals surface area contributed by atoms with Crippen molar-refractivity contribution in [2.24, 2.45) is 0 Å². The first-order valence-corrected chi connectivity index (χ1v) is 12.2. The van der Waals surface area contributed by atoms with Crippen LogP contribution in [0.2, 0.25) is 0 Å². The zero-order valence-corrected chi connectivity index (χ0v) is 18.5. The Balaban J connectivity index is 1.47. The van der Waals surface area contributed by atoms with Crippen molar-refractivity contribution in [2.75, 3.05) is 25.1 Å². The molecule has 172 valence electrons. The van der Waals surface area contributed by atoms with Crippen LogP contribution in [0.4, 0.5) is 5.69 Å². The number of carbonyl (C=O) groups is 1. The van der Waals surface area contributed by atoms with Crippen molar-refractivity contribution in [2.45, 2.75) is 48.5 Å². The average molecular weight is 461 g/mol. The quantitative estimate of drug-likeness (QED) is 0.707. The summed E-state index contributed by atoms with van der Waals surface area (Å²) in [5.41, 5.74) is 0.717. The minimum atomic E-state index is -3.83. The Morgan fingerprint density at radius 3 is 2.44 bits per heavy atom. The zero-order chi connectivity index (χ0) is 22.6. The summed E-state index contributed by atoms with van der Waals surface area (Å²) in [4.78, 5) is 12.6. The van der Waals surface area contributed by atoms with Crippen LogP contribution in [-0.4, -0.2) is 67.8 Å². The molecule has 1 amide bonds. The molecule has 0 unspecified atom stereocenters. The number of sulfonamides is 1.